The van der Waals surface area contributed by atoms with Crippen molar-refractivity contribution in [2.45, 2.75) is 25.1 Å². The van der Waals surface area contributed by atoms with Gasteiger partial charge >= 0.3 is 0 Å². The molecule has 0 aromatic heterocycles. The summed E-state index contributed by atoms with van der Waals surface area (Å²) < 4.78 is 13.3. The quantitative estimate of drug-likeness (QED) is 0.690. The van der Waals surface area contributed by atoms with E-state index in [9.17, 15) is 4.39 Å². The van der Waals surface area contributed by atoms with Crippen LogP contribution >= 0.6 is 15.9 Å². The Bertz CT molecular complexity index is 511. The van der Waals surface area contributed by atoms with E-state index in [2.05, 4.69) is 28.1 Å². The maximum Gasteiger partial charge on any atom is 0.123 e. The van der Waals surface area contributed by atoms with Crippen molar-refractivity contribution in [3.05, 3.63) is 70.5 Å². The molecule has 2 heteroatoms. The molecule has 1 atom stereocenters. The Morgan fingerprint density at radius 1 is 1.06 bits per heavy atom. The van der Waals surface area contributed by atoms with E-state index in [-0.39, 0.29) is 10.6 Å². The molecule has 0 N–H and O–H groups in total. The van der Waals surface area contributed by atoms with E-state index < -0.39 is 0 Å². The van der Waals surface area contributed by atoms with Gasteiger partial charge in [-0.2, -0.15) is 0 Å². The summed E-state index contributed by atoms with van der Waals surface area (Å²) >= 11 is 3.72. The lowest BCUT2D eigenvalue weighted by Crippen LogP contribution is -2.01. The van der Waals surface area contributed by atoms with Crippen LogP contribution in [0.2, 0.25) is 0 Å². The van der Waals surface area contributed by atoms with Crippen molar-refractivity contribution >= 4 is 15.9 Å². The van der Waals surface area contributed by atoms with Crippen molar-refractivity contribution in [1.82, 2.24) is 0 Å². The van der Waals surface area contributed by atoms with Gasteiger partial charge in [0.1, 0.15) is 5.82 Å². The van der Waals surface area contributed by atoms with Crippen LogP contribution in [-0.2, 0) is 6.42 Å². The molecule has 2 aromatic carbocycles. The number of benzene rings is 2. The molecular weight excluding hydrogens is 291 g/mol. The normalized spacial score (nSPS) is 12.4. The molecule has 0 aliphatic heterocycles. The molecule has 0 heterocycles. The van der Waals surface area contributed by atoms with Gasteiger partial charge in [-0.1, -0.05) is 46.3 Å². The molecule has 94 valence electrons. The standard InChI is InChI=1S/C16H16BrF/c1-11-8-14(18)9-12(2)15(11)10-16(17)13-6-4-3-5-7-13/h3-9,16H,10H2,1-2H3. The Hall–Kier alpha value is -1.15. The summed E-state index contributed by atoms with van der Waals surface area (Å²) in [5.41, 5.74) is 4.52. The van der Waals surface area contributed by atoms with Crippen LogP contribution in [0.5, 0.6) is 0 Å². The molecule has 18 heavy (non-hydrogen) atoms. The van der Waals surface area contributed by atoms with Crippen molar-refractivity contribution in [3.63, 3.8) is 0 Å². The topological polar surface area (TPSA) is 0 Å². The van der Waals surface area contributed by atoms with Crippen molar-refractivity contribution in [1.29, 1.82) is 0 Å². The summed E-state index contributed by atoms with van der Waals surface area (Å²) in [6.07, 6.45) is 0.877. The van der Waals surface area contributed by atoms with Gasteiger partial charge in [0, 0.05) is 4.83 Å². The fraction of sp³-hybridized carbons (Fsp3) is 0.250. The maximum absolute atomic E-state index is 13.3. The highest BCUT2D eigenvalue weighted by Crippen LogP contribution is 2.29. The molecule has 1 unspecified atom stereocenters. The molecule has 2 aromatic rings. The van der Waals surface area contributed by atoms with Gasteiger partial charge < -0.3 is 0 Å². The highest BCUT2D eigenvalue weighted by atomic mass is 79.9. The van der Waals surface area contributed by atoms with Crippen LogP contribution in [0, 0.1) is 19.7 Å². The lowest BCUT2D eigenvalue weighted by Gasteiger charge is -2.15. The van der Waals surface area contributed by atoms with Crippen molar-refractivity contribution in [2.24, 2.45) is 0 Å². The molecule has 0 amide bonds. The predicted octanol–water partition coefficient (Wildman–Crippen LogP) is 5.12. The van der Waals surface area contributed by atoms with Crippen molar-refractivity contribution in [2.75, 3.05) is 0 Å². The fourth-order valence-electron chi connectivity index (χ4n) is 2.22. The smallest absolute Gasteiger partial charge is 0.123 e. The number of halogens is 2. The maximum atomic E-state index is 13.3. The van der Waals surface area contributed by atoms with Crippen molar-refractivity contribution in [3.8, 4) is 0 Å². The van der Waals surface area contributed by atoms with Gasteiger partial charge in [0.25, 0.3) is 0 Å². The number of aryl methyl sites for hydroxylation is 2. The molecule has 0 aliphatic rings. The van der Waals surface area contributed by atoms with Crippen LogP contribution < -0.4 is 0 Å². The highest BCUT2D eigenvalue weighted by molar-refractivity contribution is 9.09. The average molecular weight is 307 g/mol. The molecule has 0 aliphatic carbocycles. The third-order valence-corrected chi connectivity index (χ3v) is 4.06. The highest BCUT2D eigenvalue weighted by Gasteiger charge is 2.12. The second-order valence-electron chi connectivity index (χ2n) is 4.60. The third-order valence-electron chi connectivity index (χ3n) is 3.21. The summed E-state index contributed by atoms with van der Waals surface area (Å²) in [4.78, 5) is 0.265. The van der Waals surface area contributed by atoms with Crippen LogP contribution in [-0.4, -0.2) is 0 Å². The Balaban J connectivity index is 2.25. The lowest BCUT2D eigenvalue weighted by atomic mass is 9.96. The Morgan fingerprint density at radius 3 is 2.17 bits per heavy atom. The molecule has 0 bridgehead atoms. The number of alkyl halides is 1. The fourth-order valence-corrected chi connectivity index (χ4v) is 2.85. The summed E-state index contributed by atoms with van der Waals surface area (Å²) in [5, 5.41) is 0. The van der Waals surface area contributed by atoms with Crippen LogP contribution in [0.25, 0.3) is 0 Å². The van der Waals surface area contributed by atoms with E-state index in [0.717, 1.165) is 17.5 Å². The third kappa shape index (κ3) is 2.99. The number of hydrogen-bond donors (Lipinski definition) is 0. The molecular formula is C16H16BrF. The van der Waals surface area contributed by atoms with Gasteiger partial charge in [-0.05, 0) is 54.7 Å². The Morgan fingerprint density at radius 2 is 1.61 bits per heavy atom. The first-order valence-corrected chi connectivity index (χ1v) is 6.94. The molecule has 0 nitrogen and oxygen atoms in total. The average Bonchev–Trinajstić information content (AvgIpc) is 2.34. The summed E-state index contributed by atoms with van der Waals surface area (Å²) in [6.45, 7) is 3.94. The van der Waals surface area contributed by atoms with E-state index in [1.54, 1.807) is 12.1 Å². The van der Waals surface area contributed by atoms with Crippen LogP contribution in [0.3, 0.4) is 0 Å². The first-order chi connectivity index (χ1) is 8.58. The first kappa shape index (κ1) is 13.3. The monoisotopic (exact) mass is 306 g/mol. The predicted molar refractivity (Wildman–Crippen MR) is 77.7 cm³/mol. The Labute approximate surface area is 116 Å². The zero-order valence-corrected chi connectivity index (χ0v) is 12.2. The zero-order valence-electron chi connectivity index (χ0n) is 10.6. The van der Waals surface area contributed by atoms with E-state index in [1.807, 2.05) is 32.0 Å². The van der Waals surface area contributed by atoms with E-state index in [0.29, 0.717) is 0 Å². The van der Waals surface area contributed by atoms with Gasteiger partial charge in [0.15, 0.2) is 0 Å². The SMILES string of the molecule is Cc1cc(F)cc(C)c1CC(Br)c1ccccc1. The van der Waals surface area contributed by atoms with Gasteiger partial charge in [-0.15, -0.1) is 0 Å². The lowest BCUT2D eigenvalue weighted by molar-refractivity contribution is 0.624. The van der Waals surface area contributed by atoms with Crippen LogP contribution in [0.1, 0.15) is 27.1 Å². The second kappa shape index (κ2) is 5.66. The minimum atomic E-state index is -0.153. The van der Waals surface area contributed by atoms with Crippen LogP contribution in [0.4, 0.5) is 4.39 Å². The van der Waals surface area contributed by atoms with E-state index in [4.69, 9.17) is 0 Å². The molecule has 0 spiro atoms. The molecule has 0 radical (unpaired) electrons. The number of rotatable bonds is 3. The summed E-state index contributed by atoms with van der Waals surface area (Å²) in [7, 11) is 0. The Kier molecular flexibility index (Phi) is 4.18. The van der Waals surface area contributed by atoms with Gasteiger partial charge in [-0.3, -0.25) is 0 Å². The minimum absolute atomic E-state index is 0.153. The zero-order chi connectivity index (χ0) is 13.1. The molecule has 2 rings (SSSR count). The summed E-state index contributed by atoms with van der Waals surface area (Å²) in [5.74, 6) is -0.153. The van der Waals surface area contributed by atoms with Crippen molar-refractivity contribution < 1.29 is 4.39 Å². The van der Waals surface area contributed by atoms with Gasteiger partial charge in [0.2, 0.25) is 0 Å². The summed E-state index contributed by atoms with van der Waals surface area (Å²) in [6, 6.07) is 13.5. The largest absolute Gasteiger partial charge is 0.207 e. The molecule has 0 saturated heterocycles. The van der Waals surface area contributed by atoms with E-state index >= 15 is 0 Å². The van der Waals surface area contributed by atoms with Crippen LogP contribution in [0.15, 0.2) is 42.5 Å². The number of hydrogen-bond acceptors (Lipinski definition) is 0. The van der Waals surface area contributed by atoms with Gasteiger partial charge in [-0.25, -0.2) is 4.39 Å². The molecule has 0 saturated carbocycles. The minimum Gasteiger partial charge on any atom is -0.207 e. The first-order valence-electron chi connectivity index (χ1n) is 6.02. The van der Waals surface area contributed by atoms with Gasteiger partial charge in [0.05, 0.1) is 0 Å². The molecule has 0 fully saturated rings. The second-order valence-corrected chi connectivity index (χ2v) is 5.71. The van der Waals surface area contributed by atoms with E-state index in [1.165, 1.54) is 11.1 Å².